The summed E-state index contributed by atoms with van der Waals surface area (Å²) in [6.45, 7) is 2.93. The second-order valence-corrected chi connectivity index (χ2v) is 3.80. The highest BCUT2D eigenvalue weighted by Crippen LogP contribution is 2.23. The molecule has 0 fully saturated rings. The third-order valence-electron chi connectivity index (χ3n) is 2.47. The number of halogens is 2. The van der Waals surface area contributed by atoms with Crippen LogP contribution in [0.5, 0.6) is 0 Å². The Morgan fingerprint density at radius 2 is 2.05 bits per heavy atom. The van der Waals surface area contributed by atoms with E-state index in [2.05, 4.69) is 6.58 Å². The molecule has 0 saturated heterocycles. The lowest BCUT2D eigenvalue weighted by molar-refractivity contribution is -0.385. The maximum absolute atomic E-state index is 13.2. The average Bonchev–Trinajstić information content (AvgIpc) is 2.40. The van der Waals surface area contributed by atoms with E-state index in [9.17, 15) is 23.7 Å². The van der Waals surface area contributed by atoms with Crippen LogP contribution >= 0.6 is 0 Å². The van der Waals surface area contributed by atoms with Gasteiger partial charge in [-0.3, -0.25) is 14.9 Å². The summed E-state index contributed by atoms with van der Waals surface area (Å²) in [5.41, 5.74) is -1.41. The highest BCUT2D eigenvalue weighted by atomic mass is 19.2. The lowest BCUT2D eigenvalue weighted by Gasteiger charge is -2.19. The minimum Gasteiger partial charge on any atom is -0.395 e. The van der Waals surface area contributed by atoms with E-state index in [1.807, 2.05) is 0 Å². The number of aliphatic hydroxyl groups excluding tert-OH is 1. The summed E-state index contributed by atoms with van der Waals surface area (Å²) in [5, 5.41) is 19.6. The Hall–Kier alpha value is -2.35. The number of amides is 1. The monoisotopic (exact) mass is 286 g/mol. The van der Waals surface area contributed by atoms with Crippen molar-refractivity contribution in [1.82, 2.24) is 4.90 Å². The fourth-order valence-corrected chi connectivity index (χ4v) is 1.58. The van der Waals surface area contributed by atoms with Crippen LogP contribution in [0.25, 0.3) is 0 Å². The Balaban J connectivity index is 3.28. The van der Waals surface area contributed by atoms with Crippen LogP contribution in [-0.4, -0.2) is 40.5 Å². The standard InChI is InChI=1S/C12H12F2N2O4/c1-2-3-15(4-5-17)12(18)8-6-9(13)10(14)7-11(8)16(19)20/h2,6-7,17H,1,3-5H2. The van der Waals surface area contributed by atoms with Gasteiger partial charge in [-0.2, -0.15) is 0 Å². The molecule has 0 aliphatic carbocycles. The highest BCUT2D eigenvalue weighted by molar-refractivity contribution is 5.98. The van der Waals surface area contributed by atoms with Crippen molar-refractivity contribution in [3.63, 3.8) is 0 Å². The number of carbonyl (C=O) groups excluding carboxylic acids is 1. The van der Waals surface area contributed by atoms with Crippen molar-refractivity contribution in [3.8, 4) is 0 Å². The molecule has 0 aromatic heterocycles. The molecule has 0 heterocycles. The summed E-state index contributed by atoms with van der Waals surface area (Å²) in [5.74, 6) is -3.66. The maximum Gasteiger partial charge on any atom is 0.285 e. The smallest absolute Gasteiger partial charge is 0.285 e. The van der Waals surface area contributed by atoms with Crippen LogP contribution in [0.4, 0.5) is 14.5 Å². The van der Waals surface area contributed by atoms with Gasteiger partial charge >= 0.3 is 0 Å². The number of nitro groups is 1. The number of nitro benzene ring substituents is 1. The lowest BCUT2D eigenvalue weighted by Crippen LogP contribution is -2.34. The molecule has 108 valence electrons. The average molecular weight is 286 g/mol. The molecule has 0 aliphatic heterocycles. The molecule has 0 atom stereocenters. The van der Waals surface area contributed by atoms with Crippen molar-refractivity contribution >= 4 is 11.6 Å². The fraction of sp³-hybridized carbons (Fsp3) is 0.250. The van der Waals surface area contributed by atoms with Gasteiger partial charge in [0.1, 0.15) is 5.56 Å². The zero-order valence-corrected chi connectivity index (χ0v) is 10.4. The van der Waals surface area contributed by atoms with Gasteiger partial charge in [0.25, 0.3) is 11.6 Å². The SMILES string of the molecule is C=CCN(CCO)C(=O)c1cc(F)c(F)cc1[N+](=O)[O-]. The topological polar surface area (TPSA) is 83.7 Å². The first-order valence-electron chi connectivity index (χ1n) is 5.56. The molecule has 6 nitrogen and oxygen atoms in total. The molecule has 8 heteroatoms. The molecule has 0 bridgehead atoms. The molecule has 0 saturated carbocycles. The molecule has 1 amide bonds. The number of carbonyl (C=O) groups is 1. The number of rotatable bonds is 6. The van der Waals surface area contributed by atoms with Gasteiger partial charge in [0.15, 0.2) is 11.6 Å². The van der Waals surface area contributed by atoms with E-state index < -0.39 is 33.7 Å². The maximum atomic E-state index is 13.2. The molecule has 1 N–H and O–H groups in total. The van der Waals surface area contributed by atoms with Crippen molar-refractivity contribution in [1.29, 1.82) is 0 Å². The summed E-state index contributed by atoms with van der Waals surface area (Å²) >= 11 is 0. The van der Waals surface area contributed by atoms with Crippen LogP contribution in [0.15, 0.2) is 24.8 Å². The number of benzene rings is 1. The molecular formula is C12H12F2N2O4. The van der Waals surface area contributed by atoms with E-state index in [4.69, 9.17) is 5.11 Å². The summed E-state index contributed by atoms with van der Waals surface area (Å²) in [4.78, 5) is 23.0. The molecule has 0 radical (unpaired) electrons. The van der Waals surface area contributed by atoms with Crippen LogP contribution in [0.3, 0.4) is 0 Å². The first-order valence-corrected chi connectivity index (χ1v) is 5.56. The predicted octanol–water partition coefficient (Wildman–Crippen LogP) is 1.49. The van der Waals surface area contributed by atoms with E-state index in [0.717, 1.165) is 4.90 Å². The second-order valence-electron chi connectivity index (χ2n) is 3.80. The van der Waals surface area contributed by atoms with Gasteiger partial charge in [0.2, 0.25) is 0 Å². The van der Waals surface area contributed by atoms with Gasteiger partial charge < -0.3 is 10.0 Å². The summed E-state index contributed by atoms with van der Waals surface area (Å²) in [6.07, 6.45) is 1.35. The second kappa shape index (κ2) is 6.71. The van der Waals surface area contributed by atoms with E-state index in [0.29, 0.717) is 12.1 Å². The number of hydrogen-bond donors (Lipinski definition) is 1. The molecule has 1 aromatic carbocycles. The minimum absolute atomic E-state index is 0.00947. The normalized spacial score (nSPS) is 10.2. The molecule has 1 aromatic rings. The van der Waals surface area contributed by atoms with Crippen LogP contribution in [0.1, 0.15) is 10.4 Å². The van der Waals surface area contributed by atoms with Gasteiger partial charge in [-0.05, 0) is 6.07 Å². The summed E-state index contributed by atoms with van der Waals surface area (Å²) in [6, 6.07) is 0.830. The largest absolute Gasteiger partial charge is 0.395 e. The van der Waals surface area contributed by atoms with Gasteiger partial charge in [-0.15, -0.1) is 6.58 Å². The Labute approximate surface area is 113 Å². The zero-order valence-electron chi connectivity index (χ0n) is 10.4. The minimum atomic E-state index is -1.41. The third-order valence-corrected chi connectivity index (χ3v) is 2.47. The zero-order chi connectivity index (χ0) is 15.3. The van der Waals surface area contributed by atoms with Crippen LogP contribution < -0.4 is 0 Å². The first kappa shape index (κ1) is 15.7. The van der Waals surface area contributed by atoms with Crippen LogP contribution in [0.2, 0.25) is 0 Å². The van der Waals surface area contributed by atoms with Crippen molar-refractivity contribution in [2.45, 2.75) is 0 Å². The molecule has 0 aliphatic rings. The number of aliphatic hydroxyl groups is 1. The first-order chi connectivity index (χ1) is 9.42. The molecule has 0 spiro atoms. The third kappa shape index (κ3) is 3.35. The Bertz CT molecular complexity index is 549. The quantitative estimate of drug-likeness (QED) is 0.488. The number of nitrogens with zero attached hydrogens (tertiary/aromatic N) is 2. The van der Waals surface area contributed by atoms with Crippen LogP contribution in [0, 0.1) is 21.7 Å². The lowest BCUT2D eigenvalue weighted by atomic mass is 10.1. The van der Waals surface area contributed by atoms with Gasteiger partial charge in [-0.25, -0.2) is 8.78 Å². The molecular weight excluding hydrogens is 274 g/mol. The van der Waals surface area contributed by atoms with Gasteiger partial charge in [0.05, 0.1) is 17.6 Å². The van der Waals surface area contributed by atoms with E-state index in [1.54, 1.807) is 0 Å². The van der Waals surface area contributed by atoms with E-state index >= 15 is 0 Å². The summed E-state index contributed by atoms with van der Waals surface area (Å²) in [7, 11) is 0. The van der Waals surface area contributed by atoms with Crippen molar-refractivity contribution in [2.75, 3.05) is 19.7 Å². The highest BCUT2D eigenvalue weighted by Gasteiger charge is 2.26. The molecule has 1 rings (SSSR count). The van der Waals surface area contributed by atoms with Crippen molar-refractivity contribution in [3.05, 3.63) is 52.1 Å². The van der Waals surface area contributed by atoms with Crippen molar-refractivity contribution < 1.29 is 23.6 Å². The summed E-state index contributed by atoms with van der Waals surface area (Å²) < 4.78 is 26.2. The van der Waals surface area contributed by atoms with E-state index in [1.165, 1.54) is 6.08 Å². The number of hydrogen-bond acceptors (Lipinski definition) is 4. The Morgan fingerprint density at radius 3 is 2.55 bits per heavy atom. The van der Waals surface area contributed by atoms with E-state index in [-0.39, 0.29) is 19.7 Å². The predicted molar refractivity (Wildman–Crippen MR) is 66.2 cm³/mol. The Morgan fingerprint density at radius 1 is 1.45 bits per heavy atom. The Kier molecular flexibility index (Phi) is 5.27. The fourth-order valence-electron chi connectivity index (χ4n) is 1.58. The van der Waals surface area contributed by atoms with Gasteiger partial charge in [-0.1, -0.05) is 6.08 Å². The molecule has 20 heavy (non-hydrogen) atoms. The van der Waals surface area contributed by atoms with Crippen molar-refractivity contribution in [2.24, 2.45) is 0 Å². The van der Waals surface area contributed by atoms with Gasteiger partial charge in [0, 0.05) is 13.1 Å². The van der Waals surface area contributed by atoms with Crippen LogP contribution in [-0.2, 0) is 0 Å². The molecule has 0 unspecified atom stereocenters.